The van der Waals surface area contributed by atoms with Crippen molar-refractivity contribution < 1.29 is 27.5 Å². The maximum Gasteiger partial charge on any atom is 0.338 e. The fraction of sp³-hybridized carbons (Fsp3) is 0.500. The summed E-state index contributed by atoms with van der Waals surface area (Å²) in [5.41, 5.74) is 5.01. The minimum atomic E-state index is -3.60. The normalized spacial score (nSPS) is 16.4. The van der Waals surface area contributed by atoms with Crippen LogP contribution in [0.15, 0.2) is 29.2 Å². The molecule has 0 bridgehead atoms. The van der Waals surface area contributed by atoms with Crippen molar-refractivity contribution in [3.8, 4) is 0 Å². The Kier molecular flexibility index (Phi) is 7.14. The molecule has 10 heteroatoms. The van der Waals surface area contributed by atoms with E-state index in [-0.39, 0.29) is 10.5 Å². The van der Waals surface area contributed by atoms with Crippen LogP contribution in [-0.2, 0) is 19.6 Å². The van der Waals surface area contributed by atoms with Crippen molar-refractivity contribution in [2.45, 2.75) is 44.1 Å². The standard InChI is InChI=1S/C18H25N3O6S/c1-12(2)15(16(22)20-18(19)24)27-17(23)13-6-8-14(9-7-13)28(25,26)21-10-4-3-5-11-21/h6-9,12,15H,3-5,10-11H2,1-2H3,(H3,19,20,22,24)/t15-/m0/s1. The van der Waals surface area contributed by atoms with Gasteiger partial charge < -0.3 is 10.5 Å². The number of esters is 1. The molecule has 1 fully saturated rings. The van der Waals surface area contributed by atoms with Gasteiger partial charge in [0.05, 0.1) is 10.5 Å². The van der Waals surface area contributed by atoms with E-state index in [4.69, 9.17) is 10.5 Å². The molecule has 0 saturated carbocycles. The van der Waals surface area contributed by atoms with Gasteiger partial charge in [0.2, 0.25) is 10.0 Å². The first-order valence-corrected chi connectivity index (χ1v) is 10.5. The molecule has 3 amide bonds. The largest absolute Gasteiger partial charge is 0.448 e. The van der Waals surface area contributed by atoms with Crippen molar-refractivity contribution in [3.05, 3.63) is 29.8 Å². The second-order valence-corrected chi connectivity index (χ2v) is 8.85. The van der Waals surface area contributed by atoms with E-state index in [9.17, 15) is 22.8 Å². The first kappa shape index (κ1) is 21.8. The van der Waals surface area contributed by atoms with Gasteiger partial charge in [-0.2, -0.15) is 4.31 Å². The number of carbonyl (C=O) groups excluding carboxylic acids is 3. The summed E-state index contributed by atoms with van der Waals surface area (Å²) in [5.74, 6) is -2.03. The number of ether oxygens (including phenoxy) is 1. The molecule has 0 aromatic heterocycles. The van der Waals surface area contributed by atoms with E-state index in [1.807, 2.05) is 5.32 Å². The average Bonchev–Trinajstić information content (AvgIpc) is 2.65. The Morgan fingerprint density at radius 2 is 1.64 bits per heavy atom. The molecule has 1 aliphatic rings. The van der Waals surface area contributed by atoms with Gasteiger partial charge in [0, 0.05) is 13.1 Å². The van der Waals surface area contributed by atoms with Crippen LogP contribution in [-0.4, -0.2) is 49.8 Å². The van der Waals surface area contributed by atoms with Gasteiger partial charge in [-0.1, -0.05) is 20.3 Å². The van der Waals surface area contributed by atoms with E-state index in [1.165, 1.54) is 28.6 Å². The van der Waals surface area contributed by atoms with Crippen molar-refractivity contribution in [2.24, 2.45) is 11.7 Å². The first-order chi connectivity index (χ1) is 13.1. The smallest absolute Gasteiger partial charge is 0.338 e. The van der Waals surface area contributed by atoms with Crippen molar-refractivity contribution in [1.82, 2.24) is 9.62 Å². The van der Waals surface area contributed by atoms with Crippen LogP contribution in [0, 0.1) is 5.92 Å². The summed E-state index contributed by atoms with van der Waals surface area (Å²) in [7, 11) is -3.60. The fourth-order valence-electron chi connectivity index (χ4n) is 2.89. The molecular formula is C18H25N3O6S. The molecule has 2 rings (SSSR count). The van der Waals surface area contributed by atoms with E-state index < -0.39 is 40.0 Å². The number of benzene rings is 1. The van der Waals surface area contributed by atoms with E-state index in [0.29, 0.717) is 13.1 Å². The van der Waals surface area contributed by atoms with Gasteiger partial charge in [-0.25, -0.2) is 18.0 Å². The van der Waals surface area contributed by atoms with Crippen LogP contribution in [0.5, 0.6) is 0 Å². The summed E-state index contributed by atoms with van der Waals surface area (Å²) in [4.78, 5) is 35.2. The van der Waals surface area contributed by atoms with Crippen molar-refractivity contribution in [2.75, 3.05) is 13.1 Å². The number of carbonyl (C=O) groups is 3. The molecule has 0 radical (unpaired) electrons. The number of hydrogen-bond donors (Lipinski definition) is 2. The van der Waals surface area contributed by atoms with Crippen LogP contribution in [0.4, 0.5) is 4.79 Å². The number of nitrogens with two attached hydrogens (primary N) is 1. The lowest BCUT2D eigenvalue weighted by Crippen LogP contribution is -2.45. The van der Waals surface area contributed by atoms with Gasteiger partial charge in [-0.05, 0) is 43.0 Å². The van der Waals surface area contributed by atoms with Crippen LogP contribution >= 0.6 is 0 Å². The molecule has 3 N–H and O–H groups in total. The molecular weight excluding hydrogens is 386 g/mol. The predicted molar refractivity (Wildman–Crippen MR) is 101 cm³/mol. The molecule has 1 heterocycles. The number of imide groups is 1. The lowest BCUT2D eigenvalue weighted by Gasteiger charge is -2.25. The Morgan fingerprint density at radius 1 is 1.07 bits per heavy atom. The Bertz CT molecular complexity index is 829. The molecule has 0 aliphatic carbocycles. The third kappa shape index (κ3) is 5.29. The maximum atomic E-state index is 12.6. The van der Waals surface area contributed by atoms with Gasteiger partial charge in [0.25, 0.3) is 5.91 Å². The molecule has 0 spiro atoms. The highest BCUT2D eigenvalue weighted by Gasteiger charge is 2.29. The molecule has 1 aromatic carbocycles. The van der Waals surface area contributed by atoms with Crippen LogP contribution in [0.25, 0.3) is 0 Å². The second kappa shape index (κ2) is 9.16. The quantitative estimate of drug-likeness (QED) is 0.676. The van der Waals surface area contributed by atoms with Gasteiger partial charge in [0.1, 0.15) is 0 Å². The van der Waals surface area contributed by atoms with Gasteiger partial charge in [0.15, 0.2) is 6.10 Å². The number of nitrogens with one attached hydrogen (secondary N) is 1. The number of amides is 3. The van der Waals surface area contributed by atoms with Crippen LogP contribution < -0.4 is 11.1 Å². The number of sulfonamides is 1. The number of hydrogen-bond acceptors (Lipinski definition) is 6. The number of piperidine rings is 1. The highest BCUT2D eigenvalue weighted by atomic mass is 32.2. The summed E-state index contributed by atoms with van der Waals surface area (Å²) >= 11 is 0. The lowest BCUT2D eigenvalue weighted by molar-refractivity contribution is -0.130. The van der Waals surface area contributed by atoms with Crippen LogP contribution in [0.2, 0.25) is 0 Å². The molecule has 9 nitrogen and oxygen atoms in total. The zero-order valence-corrected chi connectivity index (χ0v) is 16.7. The SMILES string of the molecule is CC(C)[C@H](OC(=O)c1ccc(S(=O)(=O)N2CCCCC2)cc1)C(=O)NC(N)=O. The molecule has 1 saturated heterocycles. The monoisotopic (exact) mass is 411 g/mol. The molecule has 0 unspecified atom stereocenters. The molecule has 1 aliphatic heterocycles. The fourth-order valence-corrected chi connectivity index (χ4v) is 4.40. The van der Waals surface area contributed by atoms with Crippen LogP contribution in [0.1, 0.15) is 43.5 Å². The van der Waals surface area contributed by atoms with Gasteiger partial charge >= 0.3 is 12.0 Å². The Hall–Kier alpha value is -2.46. The average molecular weight is 411 g/mol. The number of nitrogens with zero attached hydrogens (tertiary/aromatic N) is 1. The summed E-state index contributed by atoms with van der Waals surface area (Å²) < 4.78 is 31.9. The molecule has 154 valence electrons. The minimum absolute atomic E-state index is 0.0927. The summed E-state index contributed by atoms with van der Waals surface area (Å²) in [6.07, 6.45) is 1.45. The van der Waals surface area contributed by atoms with Gasteiger partial charge in [-0.15, -0.1) is 0 Å². The summed E-state index contributed by atoms with van der Waals surface area (Å²) in [6.45, 7) is 4.26. The van der Waals surface area contributed by atoms with Crippen LogP contribution in [0.3, 0.4) is 0 Å². The maximum absolute atomic E-state index is 12.6. The van der Waals surface area contributed by atoms with E-state index in [2.05, 4.69) is 0 Å². The molecule has 1 atom stereocenters. The summed E-state index contributed by atoms with van der Waals surface area (Å²) in [5, 5.41) is 1.88. The number of rotatable bonds is 6. The third-order valence-corrected chi connectivity index (χ3v) is 6.30. The van der Waals surface area contributed by atoms with Crippen molar-refractivity contribution >= 4 is 27.9 Å². The molecule has 1 aromatic rings. The first-order valence-electron chi connectivity index (χ1n) is 9.04. The zero-order chi connectivity index (χ0) is 20.9. The summed E-state index contributed by atoms with van der Waals surface area (Å²) in [6, 6.07) is 4.31. The Labute approximate surface area is 164 Å². The van der Waals surface area contributed by atoms with Gasteiger partial charge in [-0.3, -0.25) is 10.1 Å². The van der Waals surface area contributed by atoms with E-state index >= 15 is 0 Å². The topological polar surface area (TPSA) is 136 Å². The number of primary amides is 1. The Balaban J connectivity index is 2.12. The lowest BCUT2D eigenvalue weighted by atomic mass is 10.1. The zero-order valence-electron chi connectivity index (χ0n) is 15.9. The highest BCUT2D eigenvalue weighted by molar-refractivity contribution is 7.89. The predicted octanol–water partition coefficient (Wildman–Crippen LogP) is 1.24. The minimum Gasteiger partial charge on any atom is -0.448 e. The van der Waals surface area contributed by atoms with E-state index in [1.54, 1.807) is 13.8 Å². The van der Waals surface area contributed by atoms with Crippen molar-refractivity contribution in [1.29, 1.82) is 0 Å². The third-order valence-electron chi connectivity index (χ3n) is 4.39. The second-order valence-electron chi connectivity index (χ2n) is 6.91. The highest BCUT2D eigenvalue weighted by Crippen LogP contribution is 2.21. The Morgan fingerprint density at radius 3 is 2.14 bits per heavy atom. The van der Waals surface area contributed by atoms with Crippen molar-refractivity contribution in [3.63, 3.8) is 0 Å². The number of urea groups is 1. The van der Waals surface area contributed by atoms with E-state index in [0.717, 1.165) is 19.3 Å². The molecule has 28 heavy (non-hydrogen) atoms.